The lowest BCUT2D eigenvalue weighted by molar-refractivity contribution is -0.0167. The molecule has 3 N–H and O–H groups in total. The van der Waals surface area contributed by atoms with E-state index in [1.165, 1.54) is 38.5 Å². The molecule has 4 bridgehead atoms. The van der Waals surface area contributed by atoms with Crippen LogP contribution in [0.15, 0.2) is 22.7 Å². The topological polar surface area (TPSA) is 55.1 Å². The highest BCUT2D eigenvalue weighted by Crippen LogP contribution is 2.55. The van der Waals surface area contributed by atoms with Gasteiger partial charge in [0.25, 0.3) is 5.91 Å². The third-order valence-corrected chi connectivity index (χ3v) is 6.40. The summed E-state index contributed by atoms with van der Waals surface area (Å²) in [5.41, 5.74) is 7.25. The van der Waals surface area contributed by atoms with Gasteiger partial charge in [-0.25, -0.2) is 0 Å². The van der Waals surface area contributed by atoms with E-state index in [0.717, 1.165) is 22.2 Å². The van der Waals surface area contributed by atoms with Gasteiger partial charge in [0.1, 0.15) is 0 Å². The van der Waals surface area contributed by atoms with Crippen molar-refractivity contribution in [1.29, 1.82) is 0 Å². The molecular weight excluding hydrogens is 328 g/mol. The van der Waals surface area contributed by atoms with Crippen molar-refractivity contribution in [2.24, 2.45) is 17.8 Å². The van der Waals surface area contributed by atoms with Crippen molar-refractivity contribution in [3.05, 3.63) is 28.2 Å². The highest BCUT2D eigenvalue weighted by Gasteiger charge is 2.51. The fraction of sp³-hybridized carbons (Fsp3) is 0.588. The Balaban J connectivity index is 1.55. The van der Waals surface area contributed by atoms with Crippen molar-refractivity contribution >= 4 is 27.5 Å². The number of halogens is 1. The Morgan fingerprint density at radius 2 is 1.71 bits per heavy atom. The van der Waals surface area contributed by atoms with Crippen LogP contribution in [0.5, 0.6) is 0 Å². The molecule has 4 aliphatic carbocycles. The van der Waals surface area contributed by atoms with Crippen LogP contribution in [0.1, 0.15) is 48.9 Å². The zero-order chi connectivity index (χ0) is 14.6. The first-order valence-corrected chi connectivity index (χ1v) is 8.70. The maximum Gasteiger partial charge on any atom is 0.251 e. The van der Waals surface area contributed by atoms with Gasteiger partial charge in [-0.3, -0.25) is 4.79 Å². The maximum absolute atomic E-state index is 12.6. The van der Waals surface area contributed by atoms with Crippen LogP contribution in [0.3, 0.4) is 0 Å². The number of rotatable bonds is 2. The number of nitrogens with two attached hydrogens (primary N) is 1. The minimum atomic E-state index is 0.0381. The van der Waals surface area contributed by atoms with Gasteiger partial charge in [0.05, 0.1) is 0 Å². The average molecular weight is 349 g/mol. The van der Waals surface area contributed by atoms with E-state index in [-0.39, 0.29) is 11.4 Å². The molecule has 0 unspecified atom stereocenters. The molecule has 21 heavy (non-hydrogen) atoms. The average Bonchev–Trinajstić information content (AvgIpc) is 2.39. The van der Waals surface area contributed by atoms with Gasteiger partial charge in [0.15, 0.2) is 0 Å². The number of nitrogen functional groups attached to an aromatic ring is 1. The molecule has 3 nitrogen and oxygen atoms in total. The summed E-state index contributed by atoms with van der Waals surface area (Å²) in [6.45, 7) is 0. The predicted octanol–water partition coefficient (Wildman–Crippen LogP) is 3.73. The summed E-state index contributed by atoms with van der Waals surface area (Å²) in [4.78, 5) is 12.6. The van der Waals surface area contributed by atoms with Crippen LogP contribution in [-0.4, -0.2) is 11.4 Å². The van der Waals surface area contributed by atoms with Gasteiger partial charge < -0.3 is 11.1 Å². The smallest absolute Gasteiger partial charge is 0.251 e. The molecule has 5 rings (SSSR count). The Bertz CT molecular complexity index is 563. The van der Waals surface area contributed by atoms with Crippen molar-refractivity contribution in [2.75, 3.05) is 5.73 Å². The van der Waals surface area contributed by atoms with E-state index >= 15 is 0 Å². The summed E-state index contributed by atoms with van der Waals surface area (Å²) in [6, 6.07) is 5.46. The fourth-order valence-corrected chi connectivity index (χ4v) is 5.51. The molecule has 0 heterocycles. The molecule has 1 amide bonds. The Morgan fingerprint density at radius 1 is 1.14 bits per heavy atom. The number of nitrogens with one attached hydrogen (secondary N) is 1. The van der Waals surface area contributed by atoms with Crippen LogP contribution in [0.2, 0.25) is 0 Å². The number of carbonyl (C=O) groups excluding carboxylic acids is 1. The normalized spacial score (nSPS) is 36.7. The first-order chi connectivity index (χ1) is 10.0. The van der Waals surface area contributed by atoms with Gasteiger partial charge >= 0.3 is 0 Å². The molecule has 4 aliphatic rings. The molecule has 4 fully saturated rings. The second-order valence-electron chi connectivity index (χ2n) is 7.39. The molecule has 0 aromatic heterocycles. The number of hydrogen-bond acceptors (Lipinski definition) is 2. The Morgan fingerprint density at radius 3 is 2.24 bits per heavy atom. The van der Waals surface area contributed by atoms with Crippen LogP contribution in [-0.2, 0) is 0 Å². The first-order valence-electron chi connectivity index (χ1n) is 7.90. The van der Waals surface area contributed by atoms with Crippen molar-refractivity contribution in [3.8, 4) is 0 Å². The van der Waals surface area contributed by atoms with Gasteiger partial charge in [-0.05, 0) is 90.4 Å². The van der Waals surface area contributed by atoms with Gasteiger partial charge in [-0.2, -0.15) is 0 Å². The standard InChI is InChI=1S/C17H21BrN2O/c18-14-2-1-13(6-15(14)19)16(21)20-17-7-10-3-11(8-17)5-12(4-10)9-17/h1-2,6,10-12H,3-5,7-9,19H2,(H,20,21). The molecular formula is C17H21BrN2O. The number of benzene rings is 1. The zero-order valence-electron chi connectivity index (χ0n) is 12.1. The largest absolute Gasteiger partial charge is 0.398 e. The molecule has 4 saturated carbocycles. The molecule has 0 radical (unpaired) electrons. The molecule has 1 aromatic rings. The van der Waals surface area contributed by atoms with Gasteiger partial charge in [-0.1, -0.05) is 0 Å². The third-order valence-electron chi connectivity index (χ3n) is 5.68. The van der Waals surface area contributed by atoms with Crippen LogP contribution in [0.25, 0.3) is 0 Å². The van der Waals surface area contributed by atoms with E-state index < -0.39 is 0 Å². The van der Waals surface area contributed by atoms with Crippen molar-refractivity contribution in [2.45, 2.75) is 44.1 Å². The summed E-state index contributed by atoms with van der Waals surface area (Å²) < 4.78 is 0.842. The van der Waals surface area contributed by atoms with E-state index in [0.29, 0.717) is 11.3 Å². The fourth-order valence-electron chi connectivity index (χ4n) is 5.26. The van der Waals surface area contributed by atoms with E-state index in [9.17, 15) is 4.79 Å². The number of hydrogen-bond donors (Lipinski definition) is 2. The lowest BCUT2D eigenvalue weighted by atomic mass is 9.53. The van der Waals surface area contributed by atoms with E-state index in [1.807, 2.05) is 12.1 Å². The second kappa shape index (κ2) is 4.73. The monoisotopic (exact) mass is 348 g/mol. The molecule has 0 aliphatic heterocycles. The quantitative estimate of drug-likeness (QED) is 0.800. The van der Waals surface area contributed by atoms with E-state index in [2.05, 4.69) is 21.2 Å². The Hall–Kier alpha value is -1.03. The summed E-state index contributed by atoms with van der Waals surface area (Å²) in [7, 11) is 0. The lowest BCUT2D eigenvalue weighted by Gasteiger charge is -2.56. The third kappa shape index (κ3) is 2.37. The summed E-state index contributed by atoms with van der Waals surface area (Å²) in [6.07, 6.45) is 7.70. The highest BCUT2D eigenvalue weighted by molar-refractivity contribution is 9.10. The van der Waals surface area contributed by atoms with Crippen molar-refractivity contribution in [3.63, 3.8) is 0 Å². The number of anilines is 1. The molecule has 1 aromatic carbocycles. The summed E-state index contributed by atoms with van der Waals surface area (Å²) >= 11 is 3.38. The SMILES string of the molecule is Nc1cc(C(=O)NC23CC4CC(CC(C4)C2)C3)ccc1Br. The van der Waals surface area contributed by atoms with Crippen molar-refractivity contribution < 1.29 is 4.79 Å². The second-order valence-corrected chi connectivity index (χ2v) is 8.24. The minimum Gasteiger partial charge on any atom is -0.398 e. The van der Waals surface area contributed by atoms with Gasteiger partial charge in [-0.15, -0.1) is 0 Å². The number of carbonyl (C=O) groups is 1. The maximum atomic E-state index is 12.6. The minimum absolute atomic E-state index is 0.0381. The van der Waals surface area contributed by atoms with E-state index in [4.69, 9.17) is 5.73 Å². The van der Waals surface area contributed by atoms with E-state index in [1.54, 1.807) is 6.07 Å². The first kappa shape index (κ1) is 13.6. The number of amides is 1. The molecule has 112 valence electrons. The lowest BCUT2D eigenvalue weighted by Crippen LogP contribution is -2.59. The predicted molar refractivity (Wildman–Crippen MR) is 86.9 cm³/mol. The summed E-state index contributed by atoms with van der Waals surface area (Å²) in [5, 5.41) is 3.38. The van der Waals surface area contributed by atoms with Crippen LogP contribution in [0.4, 0.5) is 5.69 Å². The Labute approximate surface area is 133 Å². The molecule has 0 spiro atoms. The molecule has 4 heteroatoms. The van der Waals surface area contributed by atoms with Gasteiger partial charge in [0, 0.05) is 21.3 Å². The zero-order valence-corrected chi connectivity index (χ0v) is 13.7. The summed E-state index contributed by atoms with van der Waals surface area (Å²) in [5.74, 6) is 2.56. The molecule has 0 saturated heterocycles. The van der Waals surface area contributed by atoms with Crippen LogP contribution < -0.4 is 11.1 Å². The highest BCUT2D eigenvalue weighted by atomic mass is 79.9. The van der Waals surface area contributed by atoms with Crippen LogP contribution in [0, 0.1) is 17.8 Å². The van der Waals surface area contributed by atoms with Gasteiger partial charge in [0.2, 0.25) is 0 Å². The molecule has 0 atom stereocenters. The Kier molecular flexibility index (Phi) is 3.07. The van der Waals surface area contributed by atoms with Crippen LogP contribution >= 0.6 is 15.9 Å². The van der Waals surface area contributed by atoms with Crippen molar-refractivity contribution in [1.82, 2.24) is 5.32 Å².